The van der Waals surface area contributed by atoms with Gasteiger partial charge in [-0.25, -0.2) is 14.8 Å². The zero-order valence-electron chi connectivity index (χ0n) is 11.2. The van der Waals surface area contributed by atoms with Gasteiger partial charge in [0.05, 0.1) is 6.42 Å². The minimum atomic E-state index is -0.962. The summed E-state index contributed by atoms with van der Waals surface area (Å²) in [6, 6.07) is 0.618. The topological polar surface area (TPSA) is 104 Å². The van der Waals surface area contributed by atoms with Crippen LogP contribution in [0.1, 0.15) is 27.2 Å². The number of hydrogen-bond donors (Lipinski definition) is 3. The van der Waals surface area contributed by atoms with E-state index in [9.17, 15) is 9.59 Å². The van der Waals surface area contributed by atoms with Crippen molar-refractivity contribution in [3.63, 3.8) is 0 Å². The van der Waals surface area contributed by atoms with Gasteiger partial charge in [0.2, 0.25) is 5.95 Å². The van der Waals surface area contributed by atoms with Gasteiger partial charge < -0.3 is 10.4 Å². The fourth-order valence-corrected chi connectivity index (χ4v) is 1.41. The highest BCUT2D eigenvalue weighted by Gasteiger charge is 2.28. The van der Waals surface area contributed by atoms with Gasteiger partial charge in [0.15, 0.2) is 0 Å². The van der Waals surface area contributed by atoms with E-state index in [0.29, 0.717) is 0 Å². The first-order chi connectivity index (χ1) is 8.79. The second kappa shape index (κ2) is 6.12. The summed E-state index contributed by atoms with van der Waals surface area (Å²) in [4.78, 5) is 30.3. The predicted molar refractivity (Wildman–Crippen MR) is 69.7 cm³/mol. The largest absolute Gasteiger partial charge is 0.481 e. The van der Waals surface area contributed by atoms with Crippen LogP contribution in [-0.4, -0.2) is 33.1 Å². The fraction of sp³-hybridized carbons (Fsp3) is 0.500. The molecule has 0 spiro atoms. The molecule has 1 aromatic rings. The Morgan fingerprint density at radius 2 is 1.89 bits per heavy atom. The first kappa shape index (κ1) is 14.9. The molecule has 0 aromatic carbocycles. The average Bonchev–Trinajstić information content (AvgIpc) is 2.27. The lowest BCUT2D eigenvalue weighted by Crippen LogP contribution is -2.46. The van der Waals surface area contributed by atoms with Gasteiger partial charge in [-0.1, -0.05) is 20.8 Å². The molecule has 7 nitrogen and oxygen atoms in total. The van der Waals surface area contributed by atoms with Crippen molar-refractivity contribution in [1.29, 1.82) is 0 Å². The van der Waals surface area contributed by atoms with Gasteiger partial charge >= 0.3 is 12.0 Å². The van der Waals surface area contributed by atoms with E-state index in [0.717, 1.165) is 0 Å². The number of rotatable bonds is 4. The van der Waals surface area contributed by atoms with Gasteiger partial charge in [0.25, 0.3) is 0 Å². The maximum atomic E-state index is 11.8. The molecule has 1 atom stereocenters. The number of nitrogens with one attached hydrogen (secondary N) is 2. The van der Waals surface area contributed by atoms with Crippen molar-refractivity contribution in [3.05, 3.63) is 18.5 Å². The Bertz CT molecular complexity index is 442. The fourth-order valence-electron chi connectivity index (χ4n) is 1.41. The summed E-state index contributed by atoms with van der Waals surface area (Å²) in [5.74, 6) is -0.792. The second-order valence-electron chi connectivity index (χ2n) is 5.19. The number of amides is 2. The van der Waals surface area contributed by atoms with E-state index >= 15 is 0 Å². The molecule has 0 bridgehead atoms. The third-order valence-corrected chi connectivity index (χ3v) is 2.52. The molecule has 0 fully saturated rings. The molecule has 2 amide bonds. The highest BCUT2D eigenvalue weighted by molar-refractivity contribution is 5.87. The van der Waals surface area contributed by atoms with Crippen molar-refractivity contribution in [2.24, 2.45) is 5.41 Å². The smallest absolute Gasteiger partial charge is 0.321 e. The van der Waals surface area contributed by atoms with Crippen LogP contribution in [0.3, 0.4) is 0 Å². The predicted octanol–water partition coefficient (Wildman–Crippen LogP) is 1.49. The van der Waals surface area contributed by atoms with Gasteiger partial charge in [-0.05, 0) is 11.5 Å². The summed E-state index contributed by atoms with van der Waals surface area (Å²) in [5, 5.41) is 13.9. The number of nitrogens with zero attached hydrogens (tertiary/aromatic N) is 2. The normalized spacial score (nSPS) is 12.6. The van der Waals surface area contributed by atoms with Crippen molar-refractivity contribution in [3.8, 4) is 0 Å². The molecule has 1 unspecified atom stereocenters. The van der Waals surface area contributed by atoms with Gasteiger partial charge in [-0.3, -0.25) is 10.1 Å². The molecule has 1 heterocycles. The molecule has 0 aliphatic carbocycles. The summed E-state index contributed by atoms with van der Waals surface area (Å²) in [5.41, 5.74) is -0.368. The lowest BCUT2D eigenvalue weighted by Gasteiger charge is -2.30. The molecule has 7 heteroatoms. The van der Waals surface area contributed by atoms with Gasteiger partial charge in [0.1, 0.15) is 0 Å². The van der Waals surface area contributed by atoms with E-state index in [1.165, 1.54) is 12.4 Å². The van der Waals surface area contributed by atoms with Gasteiger partial charge in [0, 0.05) is 18.4 Å². The molecule has 3 N–H and O–H groups in total. The quantitative estimate of drug-likeness (QED) is 0.765. The zero-order chi connectivity index (χ0) is 14.5. The summed E-state index contributed by atoms with van der Waals surface area (Å²) in [7, 11) is 0. The number of aromatic nitrogens is 2. The minimum absolute atomic E-state index is 0.146. The number of anilines is 1. The highest BCUT2D eigenvalue weighted by atomic mass is 16.4. The summed E-state index contributed by atoms with van der Waals surface area (Å²) < 4.78 is 0. The highest BCUT2D eigenvalue weighted by Crippen LogP contribution is 2.21. The Hall–Kier alpha value is -2.18. The third kappa shape index (κ3) is 5.33. The van der Waals surface area contributed by atoms with E-state index < -0.39 is 18.0 Å². The molecule has 1 aromatic heterocycles. The Morgan fingerprint density at radius 1 is 1.32 bits per heavy atom. The number of carboxylic acids is 1. The molecule has 104 valence electrons. The molecule has 0 saturated heterocycles. The monoisotopic (exact) mass is 266 g/mol. The van der Waals surface area contributed by atoms with Crippen LogP contribution in [0.15, 0.2) is 18.5 Å². The number of hydrogen-bond acceptors (Lipinski definition) is 4. The summed E-state index contributed by atoms with van der Waals surface area (Å²) in [6.07, 6.45) is 2.86. The van der Waals surface area contributed by atoms with E-state index in [1.807, 2.05) is 20.8 Å². The Kier molecular flexibility index (Phi) is 4.80. The maximum absolute atomic E-state index is 11.8. The molecular formula is C12H18N4O3. The van der Waals surface area contributed by atoms with E-state index in [2.05, 4.69) is 20.6 Å². The van der Waals surface area contributed by atoms with Crippen molar-refractivity contribution >= 4 is 17.9 Å². The first-order valence-electron chi connectivity index (χ1n) is 5.85. The molecule has 0 radical (unpaired) electrons. The van der Waals surface area contributed by atoms with Crippen LogP contribution in [-0.2, 0) is 4.79 Å². The Balaban J connectivity index is 2.64. The minimum Gasteiger partial charge on any atom is -0.481 e. The van der Waals surface area contributed by atoms with Crippen molar-refractivity contribution in [2.75, 3.05) is 5.32 Å². The van der Waals surface area contributed by atoms with Crippen LogP contribution in [0, 0.1) is 5.41 Å². The molecule has 0 aliphatic heterocycles. The maximum Gasteiger partial charge on any atom is 0.321 e. The van der Waals surface area contributed by atoms with Crippen LogP contribution in [0.25, 0.3) is 0 Å². The van der Waals surface area contributed by atoms with Crippen LogP contribution in [0.2, 0.25) is 0 Å². The standard InChI is InChI=1S/C12H18N4O3/c1-12(2,3)8(7-9(17)18)15-11(19)16-10-13-5-4-6-14-10/h4-6,8H,7H2,1-3H3,(H,17,18)(H2,13,14,15,16,19). The number of carbonyl (C=O) groups is 2. The van der Waals surface area contributed by atoms with Crippen LogP contribution >= 0.6 is 0 Å². The summed E-state index contributed by atoms with van der Waals surface area (Å²) in [6.45, 7) is 5.58. The van der Waals surface area contributed by atoms with Crippen molar-refractivity contribution in [1.82, 2.24) is 15.3 Å². The molecule has 0 aliphatic rings. The van der Waals surface area contributed by atoms with E-state index in [-0.39, 0.29) is 17.8 Å². The molecule has 0 saturated carbocycles. The van der Waals surface area contributed by atoms with Gasteiger partial charge in [-0.2, -0.15) is 0 Å². The SMILES string of the molecule is CC(C)(C)C(CC(=O)O)NC(=O)Nc1ncccn1. The Labute approximate surface area is 111 Å². The summed E-state index contributed by atoms with van der Waals surface area (Å²) >= 11 is 0. The number of carboxylic acid groups (broad SMARTS) is 1. The third-order valence-electron chi connectivity index (χ3n) is 2.52. The lowest BCUT2D eigenvalue weighted by molar-refractivity contribution is -0.138. The van der Waals surface area contributed by atoms with Crippen molar-refractivity contribution in [2.45, 2.75) is 33.2 Å². The first-order valence-corrected chi connectivity index (χ1v) is 5.85. The molecular weight excluding hydrogens is 248 g/mol. The van der Waals surface area contributed by atoms with Crippen LogP contribution in [0.5, 0.6) is 0 Å². The second-order valence-corrected chi connectivity index (χ2v) is 5.19. The number of aliphatic carboxylic acids is 1. The number of carbonyl (C=O) groups excluding carboxylic acids is 1. The van der Waals surface area contributed by atoms with Crippen LogP contribution < -0.4 is 10.6 Å². The molecule has 19 heavy (non-hydrogen) atoms. The molecule has 1 rings (SSSR count). The lowest BCUT2D eigenvalue weighted by atomic mass is 9.85. The van der Waals surface area contributed by atoms with E-state index in [4.69, 9.17) is 5.11 Å². The zero-order valence-corrected chi connectivity index (χ0v) is 11.2. The average molecular weight is 266 g/mol. The van der Waals surface area contributed by atoms with E-state index in [1.54, 1.807) is 6.07 Å². The number of urea groups is 1. The van der Waals surface area contributed by atoms with Crippen molar-refractivity contribution < 1.29 is 14.7 Å². The Morgan fingerprint density at radius 3 is 2.37 bits per heavy atom. The van der Waals surface area contributed by atoms with Gasteiger partial charge in [-0.15, -0.1) is 0 Å². The van der Waals surface area contributed by atoms with Crippen LogP contribution in [0.4, 0.5) is 10.7 Å².